The molecule has 26 heavy (non-hydrogen) atoms. The van der Waals surface area contributed by atoms with Crippen molar-refractivity contribution in [1.29, 1.82) is 0 Å². The van der Waals surface area contributed by atoms with E-state index in [2.05, 4.69) is 17.6 Å². The van der Waals surface area contributed by atoms with Crippen LogP contribution in [0.3, 0.4) is 0 Å². The molecule has 3 fully saturated rings. The molecule has 2 saturated heterocycles. The molecule has 5 nitrogen and oxygen atoms in total. The standard InChI is InChI=1S/C20H27N3O2.ClH/c1-13-9-18(13)19(24)22-17-4-2-3-14(10-17)20(25)23-7-5-15-11-21-12-16(15)6-8-23;/h2-4,10,13,15-16,18,21H,5-9,11-12H2,1H3,(H,22,24);1H/t13?,15-,16+,18?;. The quantitative estimate of drug-likeness (QED) is 0.851. The smallest absolute Gasteiger partial charge is 0.253 e. The van der Waals surface area contributed by atoms with E-state index >= 15 is 0 Å². The monoisotopic (exact) mass is 377 g/mol. The minimum absolute atomic E-state index is 0. The average Bonchev–Trinajstić information content (AvgIpc) is 3.25. The second kappa shape index (κ2) is 7.97. The van der Waals surface area contributed by atoms with Gasteiger partial charge in [-0.25, -0.2) is 0 Å². The van der Waals surface area contributed by atoms with Crippen LogP contribution in [0.5, 0.6) is 0 Å². The van der Waals surface area contributed by atoms with Crippen LogP contribution in [-0.4, -0.2) is 42.9 Å². The maximum absolute atomic E-state index is 12.9. The van der Waals surface area contributed by atoms with Gasteiger partial charge in [0.15, 0.2) is 0 Å². The van der Waals surface area contributed by atoms with Crippen LogP contribution in [-0.2, 0) is 4.79 Å². The minimum atomic E-state index is 0. The summed E-state index contributed by atoms with van der Waals surface area (Å²) in [6, 6.07) is 7.39. The number of nitrogens with one attached hydrogen (secondary N) is 2. The minimum Gasteiger partial charge on any atom is -0.339 e. The molecule has 2 amide bonds. The molecule has 4 rings (SSSR count). The second-order valence-corrected chi connectivity index (χ2v) is 7.94. The number of likely N-dealkylation sites (tertiary alicyclic amines) is 1. The van der Waals surface area contributed by atoms with E-state index in [-0.39, 0.29) is 30.1 Å². The van der Waals surface area contributed by atoms with E-state index < -0.39 is 0 Å². The third kappa shape index (κ3) is 4.04. The summed E-state index contributed by atoms with van der Waals surface area (Å²) < 4.78 is 0. The zero-order valence-corrected chi connectivity index (χ0v) is 16.1. The Morgan fingerprint density at radius 2 is 1.81 bits per heavy atom. The van der Waals surface area contributed by atoms with Gasteiger partial charge in [-0.05, 0) is 68.3 Å². The van der Waals surface area contributed by atoms with E-state index in [1.54, 1.807) is 0 Å². The van der Waals surface area contributed by atoms with Crippen LogP contribution >= 0.6 is 12.4 Å². The lowest BCUT2D eigenvalue weighted by Gasteiger charge is -2.21. The summed E-state index contributed by atoms with van der Waals surface area (Å²) in [4.78, 5) is 27.0. The first-order chi connectivity index (χ1) is 12.1. The molecule has 2 N–H and O–H groups in total. The van der Waals surface area contributed by atoms with Gasteiger partial charge in [-0.3, -0.25) is 9.59 Å². The zero-order chi connectivity index (χ0) is 17.4. The van der Waals surface area contributed by atoms with E-state index in [1.165, 1.54) is 0 Å². The molecule has 0 bridgehead atoms. The number of hydrogen-bond acceptors (Lipinski definition) is 3. The SMILES string of the molecule is CC1CC1C(=O)Nc1cccc(C(=O)N2CC[C@@H]3CNC[C@@H]3CC2)c1.Cl. The van der Waals surface area contributed by atoms with Gasteiger partial charge in [0.2, 0.25) is 5.91 Å². The van der Waals surface area contributed by atoms with Crippen molar-refractivity contribution in [3.63, 3.8) is 0 Å². The number of anilines is 1. The number of rotatable bonds is 3. The fourth-order valence-corrected chi connectivity index (χ4v) is 4.26. The van der Waals surface area contributed by atoms with Crippen LogP contribution in [0.2, 0.25) is 0 Å². The Hall–Kier alpha value is -1.59. The van der Waals surface area contributed by atoms with Gasteiger partial charge in [-0.15, -0.1) is 12.4 Å². The van der Waals surface area contributed by atoms with Crippen molar-refractivity contribution in [2.45, 2.75) is 26.2 Å². The summed E-state index contributed by atoms with van der Waals surface area (Å²) in [5.74, 6) is 2.21. The maximum Gasteiger partial charge on any atom is 0.253 e. The fraction of sp³-hybridized carbons (Fsp3) is 0.600. The topological polar surface area (TPSA) is 61.4 Å². The average molecular weight is 378 g/mol. The van der Waals surface area contributed by atoms with Gasteiger partial charge in [0, 0.05) is 30.3 Å². The van der Waals surface area contributed by atoms with E-state index in [9.17, 15) is 9.59 Å². The van der Waals surface area contributed by atoms with Crippen molar-refractivity contribution in [2.75, 3.05) is 31.5 Å². The summed E-state index contributed by atoms with van der Waals surface area (Å²) in [7, 11) is 0. The molecule has 6 heteroatoms. The molecular formula is C20H28ClN3O2. The number of halogens is 1. The van der Waals surface area contributed by atoms with Gasteiger partial charge >= 0.3 is 0 Å². The lowest BCUT2D eigenvalue weighted by molar-refractivity contribution is -0.117. The number of carbonyl (C=O) groups is 2. The Morgan fingerprint density at radius 1 is 1.15 bits per heavy atom. The summed E-state index contributed by atoms with van der Waals surface area (Å²) in [5, 5.41) is 6.43. The second-order valence-electron chi connectivity index (χ2n) is 7.94. The Bertz CT molecular complexity index is 667. The van der Waals surface area contributed by atoms with Crippen molar-refractivity contribution < 1.29 is 9.59 Å². The normalized spacial score (nSPS) is 30.0. The molecule has 2 heterocycles. The zero-order valence-electron chi connectivity index (χ0n) is 15.2. The number of amides is 2. The van der Waals surface area contributed by atoms with Crippen LogP contribution in [0.15, 0.2) is 24.3 Å². The predicted molar refractivity (Wildman–Crippen MR) is 105 cm³/mol. The van der Waals surface area contributed by atoms with Gasteiger partial charge in [0.25, 0.3) is 5.91 Å². The van der Waals surface area contributed by atoms with Crippen molar-refractivity contribution in [1.82, 2.24) is 10.2 Å². The molecule has 2 unspecified atom stereocenters. The van der Waals surface area contributed by atoms with Crippen LogP contribution in [0, 0.1) is 23.7 Å². The summed E-state index contributed by atoms with van der Waals surface area (Å²) in [6.07, 6.45) is 3.13. The first-order valence-corrected chi connectivity index (χ1v) is 9.52. The molecule has 0 radical (unpaired) electrons. The Morgan fingerprint density at radius 3 is 2.42 bits per heavy atom. The highest BCUT2D eigenvalue weighted by molar-refractivity contribution is 5.98. The number of hydrogen-bond donors (Lipinski definition) is 2. The van der Waals surface area contributed by atoms with Gasteiger partial charge < -0.3 is 15.5 Å². The Labute approximate surface area is 161 Å². The van der Waals surface area contributed by atoms with Crippen LogP contribution in [0.1, 0.15) is 36.5 Å². The van der Waals surface area contributed by atoms with Gasteiger partial charge in [0.05, 0.1) is 0 Å². The highest BCUT2D eigenvalue weighted by Gasteiger charge is 2.39. The Balaban J connectivity index is 0.00000196. The fourth-order valence-electron chi connectivity index (χ4n) is 4.26. The summed E-state index contributed by atoms with van der Waals surface area (Å²) >= 11 is 0. The van der Waals surface area contributed by atoms with Crippen LogP contribution in [0.4, 0.5) is 5.69 Å². The molecule has 1 aromatic rings. The highest BCUT2D eigenvalue weighted by atomic mass is 35.5. The molecule has 3 aliphatic rings. The van der Waals surface area contributed by atoms with E-state index in [1.807, 2.05) is 29.2 Å². The number of carbonyl (C=O) groups excluding carboxylic acids is 2. The van der Waals surface area contributed by atoms with E-state index in [4.69, 9.17) is 0 Å². The number of fused-ring (bicyclic) bond motifs is 1. The maximum atomic E-state index is 12.9. The van der Waals surface area contributed by atoms with Gasteiger partial charge in [-0.2, -0.15) is 0 Å². The largest absolute Gasteiger partial charge is 0.339 e. The van der Waals surface area contributed by atoms with Gasteiger partial charge in [0.1, 0.15) is 0 Å². The summed E-state index contributed by atoms with van der Waals surface area (Å²) in [5.41, 5.74) is 1.40. The van der Waals surface area contributed by atoms with Gasteiger partial charge in [-0.1, -0.05) is 13.0 Å². The lowest BCUT2D eigenvalue weighted by atomic mass is 9.92. The molecule has 142 valence electrons. The number of nitrogens with zero attached hydrogens (tertiary/aromatic N) is 1. The molecule has 4 atom stereocenters. The highest BCUT2D eigenvalue weighted by Crippen LogP contribution is 2.38. The summed E-state index contributed by atoms with van der Waals surface area (Å²) in [6.45, 7) is 5.94. The third-order valence-corrected chi connectivity index (χ3v) is 6.13. The van der Waals surface area contributed by atoms with Crippen LogP contribution in [0.25, 0.3) is 0 Å². The molecule has 1 saturated carbocycles. The number of benzene rings is 1. The molecule has 0 aromatic heterocycles. The van der Waals surface area contributed by atoms with Crippen molar-refractivity contribution in [2.24, 2.45) is 23.7 Å². The molecule has 1 aliphatic carbocycles. The molecular weight excluding hydrogens is 350 g/mol. The first-order valence-electron chi connectivity index (χ1n) is 9.52. The van der Waals surface area contributed by atoms with Crippen LogP contribution < -0.4 is 10.6 Å². The van der Waals surface area contributed by atoms with Crippen molar-refractivity contribution in [3.8, 4) is 0 Å². The predicted octanol–water partition coefficient (Wildman–Crippen LogP) is 2.77. The molecule has 2 aliphatic heterocycles. The van der Waals surface area contributed by atoms with Crippen molar-refractivity contribution >= 4 is 29.9 Å². The Kier molecular flexibility index (Phi) is 5.88. The molecule has 0 spiro atoms. The lowest BCUT2D eigenvalue weighted by Crippen LogP contribution is -2.32. The van der Waals surface area contributed by atoms with E-state index in [0.29, 0.717) is 23.3 Å². The third-order valence-electron chi connectivity index (χ3n) is 6.13. The van der Waals surface area contributed by atoms with Crippen molar-refractivity contribution in [3.05, 3.63) is 29.8 Å². The van der Waals surface area contributed by atoms with E-state index in [0.717, 1.165) is 51.1 Å². The molecule has 1 aromatic carbocycles. The first kappa shape index (κ1) is 19.2.